The molecule has 1 atom stereocenters. The topological polar surface area (TPSA) is 29.1 Å². The molecule has 2 aliphatic carbocycles. The van der Waals surface area contributed by atoms with Crippen LogP contribution in [-0.2, 0) is 26.0 Å². The van der Waals surface area contributed by atoms with Gasteiger partial charge in [0.05, 0.1) is 0 Å². The molecule has 0 radical (unpaired) electrons. The first-order valence-electron chi connectivity index (χ1n) is 14.9. The van der Waals surface area contributed by atoms with Crippen molar-refractivity contribution in [2.24, 2.45) is 5.92 Å². The van der Waals surface area contributed by atoms with Crippen LogP contribution in [0.3, 0.4) is 0 Å². The maximum Gasteiger partial charge on any atom is -1.00 e. The molecule has 0 saturated heterocycles. The second kappa shape index (κ2) is 17.5. The van der Waals surface area contributed by atoms with Gasteiger partial charge in [-0.3, -0.25) is 0 Å². The largest absolute Gasteiger partial charge is 1.00 e. The molecule has 2 aliphatic rings. The number of halogens is 2. The molecule has 1 N–H and O–H groups in total. The predicted octanol–water partition coefficient (Wildman–Crippen LogP) is 0.871. The molecule has 1 amide bonds. The maximum absolute atomic E-state index is 14.2. The Kier molecular flexibility index (Phi) is 14.5. The molecule has 3 aromatic carbocycles. The van der Waals surface area contributed by atoms with E-state index < -0.39 is 27.1 Å². The molecular formula is C34H42Cl2NOSiZr. The van der Waals surface area contributed by atoms with Crippen LogP contribution < -0.4 is 38.4 Å². The molecular weight excluding hydrogens is 629 g/mol. The Labute approximate surface area is 262 Å². The fourth-order valence-corrected chi connectivity index (χ4v) is 27.4. The van der Waals surface area contributed by atoms with Gasteiger partial charge in [-0.2, -0.15) is 0 Å². The summed E-state index contributed by atoms with van der Waals surface area (Å²) < 4.78 is 4.34. The van der Waals surface area contributed by atoms with Crippen LogP contribution in [0, 0.1) is 5.92 Å². The molecule has 1 fully saturated rings. The Morgan fingerprint density at radius 1 is 0.650 bits per heavy atom. The predicted molar refractivity (Wildman–Crippen MR) is 160 cm³/mol. The van der Waals surface area contributed by atoms with Crippen LogP contribution in [0.2, 0.25) is 0 Å². The summed E-state index contributed by atoms with van der Waals surface area (Å²) in [6, 6.07) is 31.2. The third-order valence-electron chi connectivity index (χ3n) is 8.45. The van der Waals surface area contributed by atoms with E-state index in [4.69, 9.17) is 0 Å². The van der Waals surface area contributed by atoms with E-state index in [0.717, 1.165) is 12.8 Å². The van der Waals surface area contributed by atoms with Crippen LogP contribution in [0.1, 0.15) is 85.4 Å². The SMILES string of the molecule is O=C([NH][Zr+2]([CH]1C=Cc2ccccc21)[SiH](c1ccccc1)c1ccccc1)C1CCCCCCCCCCC1.[Cl-].[Cl-]. The summed E-state index contributed by atoms with van der Waals surface area (Å²) in [4.78, 5) is 14.2. The second-order valence-corrected chi connectivity index (χ2v) is 25.6. The Balaban J connectivity index is 0.00000220. The standard InChI is InChI=1S/C13H25NO.C12H11Si.C9H7.2ClH.Zr/c14-13(15)12-10-8-6-4-2-1-3-5-7-9-11-12;1-3-7-11(8-4-1)13-12-9-5-2-6-10-12;1-2-5-9-7-3-6-8(9)4-1;;;/h12H,1-11H2,(H2,14,15);1-10,13H;1-7H;2*1H;/q;;;;;+3/p-3. The molecule has 2 nitrogen and oxygen atoms in total. The molecule has 0 spiro atoms. The van der Waals surface area contributed by atoms with Crippen LogP contribution >= 0.6 is 0 Å². The number of benzene rings is 3. The van der Waals surface area contributed by atoms with Crippen molar-refractivity contribution in [3.63, 3.8) is 0 Å². The summed E-state index contributed by atoms with van der Waals surface area (Å²) in [5.41, 5.74) is 2.77. The van der Waals surface area contributed by atoms with Gasteiger partial charge in [0.15, 0.2) is 0 Å². The van der Waals surface area contributed by atoms with Crippen LogP contribution in [0.4, 0.5) is 0 Å². The Morgan fingerprint density at radius 3 is 1.68 bits per heavy atom. The smallest absolute Gasteiger partial charge is 1.00 e. The van der Waals surface area contributed by atoms with Crippen LogP contribution in [0.15, 0.2) is 91.0 Å². The molecule has 1 saturated carbocycles. The summed E-state index contributed by atoms with van der Waals surface area (Å²) in [5.74, 6) is -1.08. The van der Waals surface area contributed by atoms with Gasteiger partial charge in [0.25, 0.3) is 0 Å². The van der Waals surface area contributed by atoms with E-state index in [-0.39, 0.29) is 30.7 Å². The van der Waals surface area contributed by atoms with Gasteiger partial charge < -0.3 is 24.8 Å². The van der Waals surface area contributed by atoms with E-state index in [9.17, 15) is 4.79 Å². The number of carbonyl (C=O) groups excluding carboxylic acids is 1. The number of allylic oxidation sites excluding steroid dienone is 1. The van der Waals surface area contributed by atoms with E-state index in [1.54, 1.807) is 0 Å². The number of carbonyl (C=O) groups is 1. The Bertz CT molecular complexity index is 1140. The minimum Gasteiger partial charge on any atom is -1.00 e. The number of nitrogens with one attached hydrogen (secondary N) is 1. The normalized spacial score (nSPS) is 17.9. The van der Waals surface area contributed by atoms with Crippen molar-refractivity contribution in [1.82, 2.24) is 3.26 Å². The Hall–Kier alpha value is -1.45. The number of hydrogen-bond acceptors (Lipinski definition) is 1. The minimum absolute atomic E-state index is 0. The summed E-state index contributed by atoms with van der Waals surface area (Å²) in [6.07, 6.45) is 18.6. The molecule has 5 rings (SSSR count). The summed E-state index contributed by atoms with van der Waals surface area (Å²) in [7, 11) is 0. The number of fused-ring (bicyclic) bond motifs is 1. The van der Waals surface area contributed by atoms with Gasteiger partial charge in [-0.1, -0.05) is 0 Å². The zero-order chi connectivity index (χ0) is 26.0. The first-order valence-corrected chi connectivity index (χ1v) is 23.5. The van der Waals surface area contributed by atoms with Crippen molar-refractivity contribution in [3.8, 4) is 0 Å². The summed E-state index contributed by atoms with van der Waals surface area (Å²) >= 11 is -2.62. The molecule has 6 heteroatoms. The van der Waals surface area contributed by atoms with Gasteiger partial charge in [0.2, 0.25) is 0 Å². The quantitative estimate of drug-likeness (QED) is 0.388. The maximum atomic E-state index is 14.2. The van der Waals surface area contributed by atoms with Crippen molar-refractivity contribution in [2.75, 3.05) is 0 Å². The van der Waals surface area contributed by atoms with Crippen molar-refractivity contribution < 1.29 is 50.8 Å². The van der Waals surface area contributed by atoms with Gasteiger partial charge in [-0.05, 0) is 0 Å². The van der Waals surface area contributed by atoms with Crippen LogP contribution in [0.5, 0.6) is 0 Å². The van der Waals surface area contributed by atoms with Crippen molar-refractivity contribution in [2.45, 2.75) is 74.3 Å². The van der Waals surface area contributed by atoms with E-state index >= 15 is 0 Å². The van der Waals surface area contributed by atoms with Crippen molar-refractivity contribution >= 4 is 28.3 Å². The first-order chi connectivity index (χ1) is 18.8. The van der Waals surface area contributed by atoms with Gasteiger partial charge in [0, 0.05) is 0 Å². The second-order valence-electron chi connectivity index (χ2n) is 11.1. The fraction of sp³-hybridized carbons (Fsp3) is 0.382. The number of hydrogen-bond donors (Lipinski definition) is 1. The van der Waals surface area contributed by atoms with Gasteiger partial charge in [-0.25, -0.2) is 0 Å². The van der Waals surface area contributed by atoms with E-state index in [1.807, 2.05) is 0 Å². The molecule has 3 aromatic rings. The van der Waals surface area contributed by atoms with Gasteiger partial charge >= 0.3 is 240 Å². The fourth-order valence-electron chi connectivity index (χ4n) is 6.36. The van der Waals surface area contributed by atoms with Crippen molar-refractivity contribution in [3.05, 3.63) is 102 Å². The van der Waals surface area contributed by atoms with E-state index in [2.05, 4.69) is 100 Å². The zero-order valence-corrected chi connectivity index (χ0v) is 28.5. The third kappa shape index (κ3) is 8.78. The third-order valence-corrected chi connectivity index (χ3v) is 27.9. The molecule has 0 aliphatic heterocycles. The molecule has 1 unspecified atom stereocenters. The molecule has 0 heterocycles. The average molecular weight is 671 g/mol. The minimum atomic E-state index is -2.62. The Morgan fingerprint density at radius 2 is 1.12 bits per heavy atom. The van der Waals surface area contributed by atoms with Gasteiger partial charge in [-0.15, -0.1) is 0 Å². The first kappa shape index (κ1) is 33.1. The zero-order valence-electron chi connectivity index (χ0n) is 23.4. The number of rotatable bonds is 6. The van der Waals surface area contributed by atoms with Gasteiger partial charge in [0.1, 0.15) is 0 Å². The molecule has 0 aromatic heterocycles. The monoisotopic (exact) mass is 668 g/mol. The summed E-state index contributed by atoms with van der Waals surface area (Å²) in [6.45, 7) is 0. The molecule has 0 bridgehead atoms. The van der Waals surface area contributed by atoms with Crippen LogP contribution in [-0.4, -0.2) is 11.8 Å². The van der Waals surface area contributed by atoms with Crippen LogP contribution in [0.25, 0.3) is 6.08 Å². The summed E-state index contributed by atoms with van der Waals surface area (Å²) in [5, 5.41) is 2.95. The van der Waals surface area contributed by atoms with E-state index in [1.165, 1.54) is 79.3 Å². The molecule has 40 heavy (non-hydrogen) atoms. The molecule has 211 valence electrons. The number of amides is 1. The average Bonchev–Trinajstić information content (AvgIpc) is 3.38. The van der Waals surface area contributed by atoms with E-state index in [0.29, 0.717) is 9.53 Å². The van der Waals surface area contributed by atoms with Crippen molar-refractivity contribution in [1.29, 1.82) is 0 Å².